The fraction of sp³-hybridized carbons (Fsp3) is 0.190. The number of hydrogen-bond acceptors (Lipinski definition) is 2. The van der Waals surface area contributed by atoms with Gasteiger partial charge in [0.1, 0.15) is 0 Å². The third-order valence-electron chi connectivity index (χ3n) is 4.29. The van der Waals surface area contributed by atoms with E-state index >= 15 is 0 Å². The molecule has 0 saturated heterocycles. The van der Waals surface area contributed by atoms with Gasteiger partial charge in [0.2, 0.25) is 0 Å². The number of carbonyl (C=O) groups excluding carboxylic acids is 1. The second kappa shape index (κ2) is 6.13. The molecular weight excluding hydrogens is 300 g/mol. The van der Waals surface area contributed by atoms with Gasteiger partial charge in [0, 0.05) is 4.88 Å². The van der Waals surface area contributed by atoms with Crippen LogP contribution in [-0.4, -0.2) is 6.29 Å². The summed E-state index contributed by atoms with van der Waals surface area (Å²) in [5.74, 6) is 0. The van der Waals surface area contributed by atoms with Crippen molar-refractivity contribution in [2.24, 2.45) is 0 Å². The first-order valence-corrected chi connectivity index (χ1v) is 8.56. The van der Waals surface area contributed by atoms with E-state index in [0.29, 0.717) is 0 Å². The molecule has 0 aliphatic carbocycles. The zero-order valence-corrected chi connectivity index (χ0v) is 14.8. The summed E-state index contributed by atoms with van der Waals surface area (Å²) in [6, 6.07) is 14.9. The van der Waals surface area contributed by atoms with Crippen LogP contribution in [-0.2, 0) is 0 Å². The number of aldehydes is 1. The number of aryl methyl sites for hydroxylation is 4. The molecule has 0 N–H and O–H groups in total. The van der Waals surface area contributed by atoms with Gasteiger partial charge >= 0.3 is 0 Å². The molecule has 0 spiro atoms. The van der Waals surface area contributed by atoms with Crippen LogP contribution in [0.2, 0.25) is 0 Å². The highest BCUT2D eigenvalue weighted by molar-refractivity contribution is 7.17. The molecule has 23 heavy (non-hydrogen) atoms. The van der Waals surface area contributed by atoms with Crippen molar-refractivity contribution in [2.75, 3.05) is 0 Å². The number of rotatable bonds is 3. The molecule has 0 aliphatic heterocycles. The average molecular weight is 320 g/mol. The van der Waals surface area contributed by atoms with Gasteiger partial charge in [0.25, 0.3) is 0 Å². The van der Waals surface area contributed by atoms with E-state index < -0.39 is 0 Å². The normalized spacial score (nSPS) is 10.8. The monoisotopic (exact) mass is 320 g/mol. The smallest absolute Gasteiger partial charge is 0.160 e. The van der Waals surface area contributed by atoms with E-state index in [1.165, 1.54) is 38.9 Å². The maximum Gasteiger partial charge on any atom is 0.160 e. The maximum atomic E-state index is 10.9. The molecule has 116 valence electrons. The Morgan fingerprint density at radius 3 is 1.91 bits per heavy atom. The van der Waals surface area contributed by atoms with Crippen LogP contribution in [0.5, 0.6) is 0 Å². The lowest BCUT2D eigenvalue weighted by atomic mass is 9.90. The Morgan fingerprint density at radius 1 is 0.783 bits per heavy atom. The fourth-order valence-corrected chi connectivity index (χ4v) is 4.32. The molecule has 1 nitrogen and oxygen atoms in total. The number of benzene rings is 2. The van der Waals surface area contributed by atoms with E-state index in [4.69, 9.17) is 0 Å². The van der Waals surface area contributed by atoms with Crippen LogP contribution in [0.4, 0.5) is 0 Å². The Balaban J connectivity index is 2.16. The van der Waals surface area contributed by atoms with Crippen LogP contribution in [0.1, 0.15) is 31.9 Å². The van der Waals surface area contributed by atoms with Gasteiger partial charge < -0.3 is 0 Å². The van der Waals surface area contributed by atoms with E-state index in [-0.39, 0.29) is 0 Å². The van der Waals surface area contributed by atoms with Gasteiger partial charge in [-0.2, -0.15) is 0 Å². The van der Waals surface area contributed by atoms with Crippen molar-refractivity contribution in [3.63, 3.8) is 0 Å². The molecule has 2 heteroatoms. The van der Waals surface area contributed by atoms with Crippen molar-refractivity contribution >= 4 is 17.6 Å². The number of thiophene rings is 1. The van der Waals surface area contributed by atoms with Crippen molar-refractivity contribution in [3.8, 4) is 21.6 Å². The molecule has 0 unspecified atom stereocenters. The summed E-state index contributed by atoms with van der Waals surface area (Å²) in [7, 11) is 0. The highest BCUT2D eigenvalue weighted by Gasteiger charge is 2.13. The molecule has 0 fully saturated rings. The minimum atomic E-state index is 0.776. The van der Waals surface area contributed by atoms with E-state index in [0.717, 1.165) is 16.0 Å². The van der Waals surface area contributed by atoms with Crippen LogP contribution in [0, 0.1) is 27.7 Å². The summed E-state index contributed by atoms with van der Waals surface area (Å²) in [6.07, 6.45) is 0.921. The van der Waals surface area contributed by atoms with Crippen LogP contribution in [0.25, 0.3) is 21.6 Å². The first-order valence-electron chi connectivity index (χ1n) is 7.74. The summed E-state index contributed by atoms with van der Waals surface area (Å²) in [5, 5.41) is 0. The average Bonchev–Trinajstić information content (AvgIpc) is 2.95. The summed E-state index contributed by atoms with van der Waals surface area (Å²) < 4.78 is 0. The summed E-state index contributed by atoms with van der Waals surface area (Å²) in [4.78, 5) is 12.9. The second-order valence-corrected chi connectivity index (χ2v) is 7.19. The van der Waals surface area contributed by atoms with Gasteiger partial charge in [-0.25, -0.2) is 0 Å². The molecule has 2 aromatic carbocycles. The molecule has 0 radical (unpaired) electrons. The van der Waals surface area contributed by atoms with Gasteiger partial charge in [-0.3, -0.25) is 4.79 Å². The van der Waals surface area contributed by atoms with Gasteiger partial charge in [-0.15, -0.1) is 11.3 Å². The SMILES string of the molecule is Cc1cccc(C)c1-c1cc(C)c(-c2ccc(C=O)s2)c(C)c1. The first kappa shape index (κ1) is 15.7. The minimum absolute atomic E-state index is 0.776. The van der Waals surface area contributed by atoms with Gasteiger partial charge in [-0.05, 0) is 78.8 Å². The summed E-state index contributed by atoms with van der Waals surface area (Å²) >= 11 is 1.55. The third kappa shape index (κ3) is 2.87. The number of carbonyl (C=O) groups is 1. The van der Waals surface area contributed by atoms with Gasteiger partial charge in [0.15, 0.2) is 6.29 Å². The highest BCUT2D eigenvalue weighted by Crippen LogP contribution is 2.37. The van der Waals surface area contributed by atoms with Crippen molar-refractivity contribution < 1.29 is 4.79 Å². The molecule has 0 bridgehead atoms. The largest absolute Gasteiger partial charge is 0.297 e. The van der Waals surface area contributed by atoms with Gasteiger partial charge in [0.05, 0.1) is 4.88 Å². The lowest BCUT2D eigenvalue weighted by Crippen LogP contribution is -1.92. The standard InChI is InChI=1S/C21H20OS/c1-13-6-5-7-14(2)20(13)17-10-15(3)21(16(4)11-17)19-9-8-18(12-22)23-19/h5-12H,1-4H3. The Hall–Kier alpha value is -2.19. The molecule has 3 aromatic rings. The molecule has 0 aliphatic rings. The van der Waals surface area contributed by atoms with Crippen molar-refractivity contribution in [1.29, 1.82) is 0 Å². The Morgan fingerprint density at radius 2 is 1.39 bits per heavy atom. The molecular formula is C21H20OS. The van der Waals surface area contributed by atoms with E-state index in [1.54, 1.807) is 11.3 Å². The number of hydrogen-bond donors (Lipinski definition) is 0. The summed E-state index contributed by atoms with van der Waals surface area (Å²) in [5.41, 5.74) is 8.95. The second-order valence-electron chi connectivity index (χ2n) is 6.07. The lowest BCUT2D eigenvalue weighted by molar-refractivity contribution is 0.112. The minimum Gasteiger partial charge on any atom is -0.297 e. The third-order valence-corrected chi connectivity index (χ3v) is 5.32. The van der Waals surface area contributed by atoms with Gasteiger partial charge in [-0.1, -0.05) is 30.3 Å². The zero-order chi connectivity index (χ0) is 16.6. The Kier molecular flexibility index (Phi) is 4.18. The van der Waals surface area contributed by atoms with Crippen molar-refractivity contribution in [3.05, 3.63) is 69.6 Å². The van der Waals surface area contributed by atoms with Crippen LogP contribution < -0.4 is 0 Å². The van der Waals surface area contributed by atoms with Crippen LogP contribution in [0.3, 0.4) is 0 Å². The molecule has 3 rings (SSSR count). The zero-order valence-electron chi connectivity index (χ0n) is 13.9. The molecule has 1 aromatic heterocycles. The first-order chi connectivity index (χ1) is 11.0. The summed E-state index contributed by atoms with van der Waals surface area (Å²) in [6.45, 7) is 8.63. The highest BCUT2D eigenvalue weighted by atomic mass is 32.1. The maximum absolute atomic E-state index is 10.9. The van der Waals surface area contributed by atoms with Crippen molar-refractivity contribution in [2.45, 2.75) is 27.7 Å². The topological polar surface area (TPSA) is 17.1 Å². The Bertz CT molecular complexity index is 843. The molecule has 0 amide bonds. The van der Waals surface area contributed by atoms with E-state index in [2.05, 4.69) is 58.0 Å². The fourth-order valence-electron chi connectivity index (χ4n) is 3.32. The van der Waals surface area contributed by atoms with Crippen LogP contribution >= 0.6 is 11.3 Å². The predicted octanol–water partition coefficient (Wildman–Crippen LogP) is 6.13. The molecule has 0 atom stereocenters. The molecule has 0 saturated carbocycles. The Labute approximate surface area is 141 Å². The van der Waals surface area contributed by atoms with Crippen molar-refractivity contribution in [1.82, 2.24) is 0 Å². The molecule has 1 heterocycles. The lowest BCUT2D eigenvalue weighted by Gasteiger charge is -2.15. The predicted molar refractivity (Wildman–Crippen MR) is 99.5 cm³/mol. The van der Waals surface area contributed by atoms with E-state index in [9.17, 15) is 4.79 Å². The van der Waals surface area contributed by atoms with E-state index in [1.807, 2.05) is 12.1 Å². The quantitative estimate of drug-likeness (QED) is 0.531. The van der Waals surface area contributed by atoms with Crippen LogP contribution in [0.15, 0.2) is 42.5 Å².